The Morgan fingerprint density at radius 1 is 1.67 bits per heavy atom. The highest BCUT2D eigenvalue weighted by Crippen LogP contribution is 2.22. The summed E-state index contributed by atoms with van der Waals surface area (Å²) in [7, 11) is 0. The molecule has 1 N–H and O–H groups in total. The second-order valence-electron chi connectivity index (χ2n) is 3.99. The van der Waals surface area contributed by atoms with Gasteiger partial charge >= 0.3 is 0 Å². The summed E-state index contributed by atoms with van der Waals surface area (Å²) in [5.41, 5.74) is 0. The molecule has 1 aromatic rings. The molecule has 3 nitrogen and oxygen atoms in total. The van der Waals surface area contributed by atoms with Gasteiger partial charge in [-0.1, -0.05) is 0 Å². The van der Waals surface area contributed by atoms with Crippen LogP contribution in [0.4, 0.5) is 0 Å². The van der Waals surface area contributed by atoms with Gasteiger partial charge in [-0.15, -0.1) is 0 Å². The van der Waals surface area contributed by atoms with Crippen LogP contribution in [-0.2, 0) is 13.1 Å². The average molecular weight is 225 g/mol. The predicted octanol–water partition coefficient (Wildman–Crippen LogP) is 1.75. The van der Waals surface area contributed by atoms with Crippen LogP contribution in [0.2, 0.25) is 0 Å². The summed E-state index contributed by atoms with van der Waals surface area (Å²) in [6.45, 7) is 5.21. The Hall–Kier alpha value is -0.480. The highest BCUT2D eigenvalue weighted by Gasteiger charge is 2.14. The highest BCUT2D eigenvalue weighted by molar-refractivity contribution is 7.99. The summed E-state index contributed by atoms with van der Waals surface area (Å²) in [5.74, 6) is 4.70. The highest BCUT2D eigenvalue weighted by atomic mass is 32.2. The Morgan fingerprint density at radius 2 is 2.60 bits per heavy atom. The second kappa shape index (κ2) is 5.56. The van der Waals surface area contributed by atoms with Crippen LogP contribution in [0.1, 0.15) is 19.2 Å². The lowest BCUT2D eigenvalue weighted by Crippen LogP contribution is -2.23. The van der Waals surface area contributed by atoms with Crippen LogP contribution in [0.25, 0.3) is 0 Å². The van der Waals surface area contributed by atoms with Crippen molar-refractivity contribution in [1.29, 1.82) is 0 Å². The van der Waals surface area contributed by atoms with Crippen molar-refractivity contribution in [2.24, 2.45) is 5.92 Å². The van der Waals surface area contributed by atoms with Crippen molar-refractivity contribution in [3.8, 4) is 0 Å². The van der Waals surface area contributed by atoms with Crippen molar-refractivity contribution in [3.05, 3.63) is 18.2 Å². The van der Waals surface area contributed by atoms with E-state index in [0.29, 0.717) is 0 Å². The summed E-state index contributed by atoms with van der Waals surface area (Å²) in [4.78, 5) is 4.35. The monoisotopic (exact) mass is 225 g/mol. The van der Waals surface area contributed by atoms with Crippen LogP contribution in [0.15, 0.2) is 12.4 Å². The molecule has 1 aliphatic rings. The minimum Gasteiger partial charge on any atom is -0.334 e. The molecule has 2 heterocycles. The van der Waals surface area contributed by atoms with Gasteiger partial charge in [-0.3, -0.25) is 0 Å². The molecule has 1 aliphatic heterocycles. The zero-order chi connectivity index (χ0) is 10.5. The first kappa shape index (κ1) is 11.0. The zero-order valence-corrected chi connectivity index (χ0v) is 10.1. The van der Waals surface area contributed by atoms with Gasteiger partial charge in [0, 0.05) is 18.9 Å². The Bertz CT molecular complexity index is 292. The molecular formula is C11H19N3S. The number of aromatic nitrogens is 2. The van der Waals surface area contributed by atoms with E-state index in [2.05, 4.69) is 33.6 Å². The third-order valence-corrected chi connectivity index (χ3v) is 4.11. The Morgan fingerprint density at radius 3 is 3.33 bits per heavy atom. The first-order valence-corrected chi connectivity index (χ1v) is 6.84. The minimum absolute atomic E-state index is 0.875. The fraction of sp³-hybridized carbons (Fsp3) is 0.727. The lowest BCUT2D eigenvalue weighted by Gasteiger charge is -2.10. The molecular weight excluding hydrogens is 206 g/mol. The van der Waals surface area contributed by atoms with E-state index in [0.717, 1.165) is 31.4 Å². The van der Waals surface area contributed by atoms with Crippen LogP contribution >= 0.6 is 11.8 Å². The fourth-order valence-corrected chi connectivity index (χ4v) is 3.21. The summed E-state index contributed by atoms with van der Waals surface area (Å²) in [6.07, 6.45) is 5.30. The van der Waals surface area contributed by atoms with Gasteiger partial charge in [-0.05, 0) is 37.3 Å². The lowest BCUT2D eigenvalue weighted by atomic mass is 10.1. The number of nitrogens with one attached hydrogen (secondary N) is 1. The first-order valence-electron chi connectivity index (χ1n) is 5.68. The molecule has 0 spiro atoms. The van der Waals surface area contributed by atoms with Gasteiger partial charge in [0.1, 0.15) is 5.82 Å². The fourth-order valence-electron chi connectivity index (χ4n) is 1.93. The third-order valence-electron chi connectivity index (χ3n) is 2.88. The molecule has 1 atom stereocenters. The van der Waals surface area contributed by atoms with Crippen LogP contribution < -0.4 is 5.32 Å². The largest absolute Gasteiger partial charge is 0.334 e. The topological polar surface area (TPSA) is 29.9 Å². The Kier molecular flexibility index (Phi) is 4.09. The van der Waals surface area contributed by atoms with Crippen molar-refractivity contribution in [2.75, 3.05) is 18.1 Å². The average Bonchev–Trinajstić information content (AvgIpc) is 2.88. The molecule has 2 rings (SSSR count). The van der Waals surface area contributed by atoms with Crippen LogP contribution in [0, 0.1) is 5.92 Å². The maximum Gasteiger partial charge on any atom is 0.122 e. The number of hydrogen-bond donors (Lipinski definition) is 1. The van der Waals surface area contributed by atoms with Gasteiger partial charge in [0.05, 0.1) is 6.54 Å². The molecule has 4 heteroatoms. The van der Waals surface area contributed by atoms with E-state index in [-0.39, 0.29) is 0 Å². The van der Waals surface area contributed by atoms with Gasteiger partial charge in [-0.25, -0.2) is 4.98 Å². The minimum atomic E-state index is 0.875. The molecule has 0 aromatic carbocycles. The van der Waals surface area contributed by atoms with E-state index < -0.39 is 0 Å². The quantitative estimate of drug-likeness (QED) is 0.828. The van der Waals surface area contributed by atoms with Gasteiger partial charge in [0.2, 0.25) is 0 Å². The molecule has 0 radical (unpaired) electrons. The van der Waals surface area contributed by atoms with Crippen molar-refractivity contribution in [3.63, 3.8) is 0 Å². The summed E-state index contributed by atoms with van der Waals surface area (Å²) in [6, 6.07) is 0. The third kappa shape index (κ3) is 2.98. The smallest absolute Gasteiger partial charge is 0.122 e. The van der Waals surface area contributed by atoms with E-state index >= 15 is 0 Å². The molecule has 0 saturated carbocycles. The predicted molar refractivity (Wildman–Crippen MR) is 65.0 cm³/mol. The van der Waals surface area contributed by atoms with Crippen molar-refractivity contribution in [1.82, 2.24) is 14.9 Å². The first-order chi connectivity index (χ1) is 7.40. The van der Waals surface area contributed by atoms with Gasteiger partial charge in [0.25, 0.3) is 0 Å². The number of imidazole rings is 1. The Balaban J connectivity index is 1.73. The zero-order valence-electron chi connectivity index (χ0n) is 9.28. The second-order valence-corrected chi connectivity index (χ2v) is 5.14. The van der Waals surface area contributed by atoms with Gasteiger partial charge in [0.15, 0.2) is 0 Å². The van der Waals surface area contributed by atoms with E-state index in [4.69, 9.17) is 0 Å². The number of thioether (sulfide) groups is 1. The lowest BCUT2D eigenvalue weighted by molar-refractivity contribution is 0.508. The van der Waals surface area contributed by atoms with Crippen molar-refractivity contribution < 1.29 is 0 Å². The standard InChI is InChI=1S/C11H19N3S/c1-2-14-5-4-13-11(14)8-12-7-10-3-6-15-9-10/h4-5,10,12H,2-3,6-9H2,1H3. The SMILES string of the molecule is CCn1ccnc1CNCC1CCSC1. The molecule has 1 saturated heterocycles. The van der Waals surface area contributed by atoms with Crippen LogP contribution in [0.5, 0.6) is 0 Å². The number of nitrogens with zero attached hydrogens (tertiary/aromatic N) is 2. The maximum atomic E-state index is 4.35. The van der Waals surface area contributed by atoms with Crippen molar-refractivity contribution in [2.45, 2.75) is 26.4 Å². The number of aryl methyl sites for hydroxylation is 1. The normalized spacial score (nSPS) is 21.0. The van der Waals surface area contributed by atoms with Gasteiger partial charge < -0.3 is 9.88 Å². The van der Waals surface area contributed by atoms with Crippen LogP contribution in [0.3, 0.4) is 0 Å². The van der Waals surface area contributed by atoms with E-state index in [1.165, 1.54) is 17.9 Å². The molecule has 0 bridgehead atoms. The molecule has 1 unspecified atom stereocenters. The molecule has 0 amide bonds. The molecule has 84 valence electrons. The van der Waals surface area contributed by atoms with E-state index in [9.17, 15) is 0 Å². The molecule has 15 heavy (non-hydrogen) atoms. The van der Waals surface area contributed by atoms with Gasteiger partial charge in [-0.2, -0.15) is 11.8 Å². The maximum absolute atomic E-state index is 4.35. The van der Waals surface area contributed by atoms with Crippen LogP contribution in [-0.4, -0.2) is 27.6 Å². The van der Waals surface area contributed by atoms with E-state index in [1.54, 1.807) is 0 Å². The summed E-state index contributed by atoms with van der Waals surface area (Å²) >= 11 is 2.08. The van der Waals surface area contributed by atoms with E-state index in [1.807, 2.05) is 12.4 Å². The number of rotatable bonds is 5. The molecule has 1 aromatic heterocycles. The number of hydrogen-bond acceptors (Lipinski definition) is 3. The van der Waals surface area contributed by atoms with Crippen molar-refractivity contribution >= 4 is 11.8 Å². The summed E-state index contributed by atoms with van der Waals surface area (Å²) < 4.78 is 2.19. The Labute approximate surface area is 95.7 Å². The molecule has 1 fully saturated rings. The summed E-state index contributed by atoms with van der Waals surface area (Å²) in [5, 5.41) is 3.51. The molecule has 0 aliphatic carbocycles.